The van der Waals surface area contributed by atoms with Crippen molar-refractivity contribution < 1.29 is 19.1 Å². The summed E-state index contributed by atoms with van der Waals surface area (Å²) in [5, 5.41) is 3.27. The van der Waals surface area contributed by atoms with E-state index < -0.39 is 11.9 Å². The van der Waals surface area contributed by atoms with Crippen LogP contribution in [0, 0.1) is 0 Å². The first kappa shape index (κ1) is 18.5. The molecule has 2 aromatic carbocycles. The van der Waals surface area contributed by atoms with Gasteiger partial charge in [0.15, 0.2) is 5.78 Å². The number of hydrogen-bond donors (Lipinski definition) is 1. The number of benzene rings is 2. The van der Waals surface area contributed by atoms with E-state index >= 15 is 0 Å². The van der Waals surface area contributed by atoms with Gasteiger partial charge in [-0.25, -0.2) is 4.79 Å². The monoisotopic (exact) mass is 439 g/mol. The number of ketones is 1. The maximum absolute atomic E-state index is 13.3. The lowest BCUT2D eigenvalue weighted by Crippen LogP contribution is -2.29. The second-order valence-electron chi connectivity index (χ2n) is 6.65. The number of hydrogen-bond acceptors (Lipinski definition) is 5. The number of allylic oxidation sites excluding steroid dienone is 2. The first-order valence-electron chi connectivity index (χ1n) is 8.75. The first-order chi connectivity index (χ1) is 13.5. The molecule has 0 spiro atoms. The summed E-state index contributed by atoms with van der Waals surface area (Å²) < 4.78 is 11.1. The fraction of sp³-hybridized carbons (Fsp3) is 0.182. The van der Waals surface area contributed by atoms with Gasteiger partial charge < -0.3 is 14.8 Å². The Labute approximate surface area is 171 Å². The van der Waals surface area contributed by atoms with Crippen LogP contribution in [0.2, 0.25) is 0 Å². The van der Waals surface area contributed by atoms with Gasteiger partial charge in [-0.3, -0.25) is 4.79 Å². The maximum atomic E-state index is 13.3. The van der Waals surface area contributed by atoms with Crippen molar-refractivity contribution in [3.63, 3.8) is 0 Å². The molecule has 0 aromatic heterocycles. The van der Waals surface area contributed by atoms with Crippen LogP contribution in [0.5, 0.6) is 5.75 Å². The lowest BCUT2D eigenvalue weighted by atomic mass is 9.80. The average molecular weight is 440 g/mol. The topological polar surface area (TPSA) is 64.6 Å². The van der Waals surface area contributed by atoms with Gasteiger partial charge in [-0.1, -0.05) is 30.3 Å². The highest BCUT2D eigenvalue weighted by Gasteiger charge is 2.42. The van der Waals surface area contributed by atoms with Crippen LogP contribution in [0.3, 0.4) is 0 Å². The van der Waals surface area contributed by atoms with Crippen molar-refractivity contribution in [3.8, 4) is 5.75 Å². The van der Waals surface area contributed by atoms with Crippen LogP contribution in [0.4, 0.5) is 0 Å². The van der Waals surface area contributed by atoms with Crippen LogP contribution in [-0.4, -0.2) is 26.0 Å². The van der Waals surface area contributed by atoms with E-state index in [4.69, 9.17) is 9.47 Å². The summed E-state index contributed by atoms with van der Waals surface area (Å²) in [6.45, 7) is 1.83. The standard InChI is InChI=1S/C22H18BrNO4/c1-11-17(22(26)28-3)18(12-8-9-16(27-2)15(23)10-12)19-20(24-11)13-6-4-5-7-14(13)21(19)25/h4-10,18,24H,1-3H3. The SMILES string of the molecule is COC(=O)C1=C(C)NC2=C(C(=O)c3ccccc32)C1c1ccc(OC)c(Br)c1. The van der Waals surface area contributed by atoms with Crippen molar-refractivity contribution in [2.75, 3.05) is 14.2 Å². The van der Waals surface area contributed by atoms with E-state index in [9.17, 15) is 9.59 Å². The van der Waals surface area contributed by atoms with Crippen LogP contribution in [-0.2, 0) is 9.53 Å². The summed E-state index contributed by atoms with van der Waals surface area (Å²) in [5.74, 6) is -0.403. The zero-order chi connectivity index (χ0) is 20.0. The Hall–Kier alpha value is -2.86. The van der Waals surface area contributed by atoms with Crippen molar-refractivity contribution in [2.45, 2.75) is 12.8 Å². The number of halogens is 1. The number of Topliss-reactive ketones (excluding diaryl/α,β-unsaturated/α-hetero) is 1. The normalized spacial score (nSPS) is 17.9. The Morgan fingerprint density at radius 2 is 1.82 bits per heavy atom. The molecule has 142 valence electrons. The summed E-state index contributed by atoms with van der Waals surface area (Å²) in [4.78, 5) is 25.9. The molecule has 1 aliphatic heterocycles. The quantitative estimate of drug-likeness (QED) is 0.725. The molecule has 0 radical (unpaired) electrons. The van der Waals surface area contributed by atoms with Gasteiger partial charge in [-0.2, -0.15) is 0 Å². The molecular weight excluding hydrogens is 422 g/mol. The molecule has 2 aliphatic rings. The van der Waals surface area contributed by atoms with Gasteiger partial charge in [0.2, 0.25) is 0 Å². The summed E-state index contributed by atoms with van der Waals surface area (Å²) in [6.07, 6.45) is 0. The predicted octanol–water partition coefficient (Wildman–Crippen LogP) is 4.20. The number of methoxy groups -OCH3 is 2. The highest BCUT2D eigenvalue weighted by atomic mass is 79.9. The van der Waals surface area contributed by atoms with Gasteiger partial charge in [-0.15, -0.1) is 0 Å². The first-order valence-corrected chi connectivity index (χ1v) is 9.55. The van der Waals surface area contributed by atoms with Crippen LogP contribution >= 0.6 is 15.9 Å². The van der Waals surface area contributed by atoms with Crippen molar-refractivity contribution in [1.82, 2.24) is 5.32 Å². The third-order valence-corrected chi connectivity index (χ3v) is 5.78. The smallest absolute Gasteiger partial charge is 0.336 e. The number of carbonyl (C=O) groups is 2. The van der Waals surface area contributed by atoms with Gasteiger partial charge in [0, 0.05) is 28.3 Å². The molecule has 28 heavy (non-hydrogen) atoms. The van der Waals surface area contributed by atoms with Crippen molar-refractivity contribution in [2.24, 2.45) is 0 Å². The molecular formula is C22H18BrNO4. The highest BCUT2D eigenvalue weighted by molar-refractivity contribution is 9.10. The lowest BCUT2D eigenvalue weighted by molar-refractivity contribution is -0.136. The predicted molar refractivity (Wildman–Crippen MR) is 109 cm³/mol. The molecule has 0 bridgehead atoms. The van der Waals surface area contributed by atoms with Crippen LogP contribution < -0.4 is 10.1 Å². The summed E-state index contributed by atoms with van der Waals surface area (Å²) in [5.41, 5.74) is 4.71. The zero-order valence-corrected chi connectivity index (χ0v) is 17.2. The van der Waals surface area contributed by atoms with E-state index in [1.165, 1.54) is 7.11 Å². The number of carbonyl (C=O) groups excluding carboxylic acids is 2. The van der Waals surface area contributed by atoms with Crippen LogP contribution in [0.15, 0.2) is 63.8 Å². The van der Waals surface area contributed by atoms with Crippen LogP contribution in [0.1, 0.15) is 34.3 Å². The Morgan fingerprint density at radius 3 is 2.46 bits per heavy atom. The Kier molecular flexibility index (Phi) is 4.59. The molecule has 1 aliphatic carbocycles. The summed E-state index contributed by atoms with van der Waals surface area (Å²) >= 11 is 3.51. The molecule has 1 N–H and O–H groups in total. The summed E-state index contributed by atoms with van der Waals surface area (Å²) in [7, 11) is 2.94. The Bertz CT molecular complexity index is 1080. The van der Waals surface area contributed by atoms with Gasteiger partial charge in [0.25, 0.3) is 0 Å². The largest absolute Gasteiger partial charge is 0.496 e. The van der Waals surface area contributed by atoms with E-state index in [0.29, 0.717) is 28.2 Å². The number of dihydropyridines is 1. The Balaban J connectivity index is 1.95. The van der Waals surface area contributed by atoms with Crippen molar-refractivity contribution >= 4 is 33.4 Å². The van der Waals surface area contributed by atoms with Crippen molar-refractivity contribution in [3.05, 3.63) is 80.5 Å². The number of esters is 1. The minimum atomic E-state index is -0.536. The van der Waals surface area contributed by atoms with E-state index in [0.717, 1.165) is 21.3 Å². The fourth-order valence-electron chi connectivity index (χ4n) is 3.91. The third-order valence-electron chi connectivity index (χ3n) is 5.16. The third kappa shape index (κ3) is 2.67. The maximum Gasteiger partial charge on any atom is 0.336 e. The summed E-state index contributed by atoms with van der Waals surface area (Å²) in [6, 6.07) is 13.0. The van der Waals surface area contributed by atoms with E-state index in [-0.39, 0.29) is 5.78 Å². The lowest BCUT2D eigenvalue weighted by Gasteiger charge is -2.29. The molecule has 0 saturated heterocycles. The molecule has 1 atom stereocenters. The number of rotatable bonds is 3. The molecule has 1 heterocycles. The van der Waals surface area contributed by atoms with Gasteiger partial charge >= 0.3 is 5.97 Å². The number of ether oxygens (including phenoxy) is 2. The molecule has 4 rings (SSSR count). The molecule has 5 nitrogen and oxygen atoms in total. The molecule has 0 saturated carbocycles. The van der Waals surface area contributed by atoms with E-state index in [1.54, 1.807) is 7.11 Å². The number of fused-ring (bicyclic) bond motifs is 2. The minimum absolute atomic E-state index is 0.0797. The van der Waals surface area contributed by atoms with Crippen LogP contribution in [0.25, 0.3) is 5.70 Å². The second kappa shape index (κ2) is 6.95. The Morgan fingerprint density at radius 1 is 1.11 bits per heavy atom. The van der Waals surface area contributed by atoms with Gasteiger partial charge in [-0.05, 0) is 40.5 Å². The van der Waals surface area contributed by atoms with Gasteiger partial charge in [0.05, 0.1) is 30.0 Å². The number of nitrogens with one attached hydrogen (secondary N) is 1. The fourth-order valence-corrected chi connectivity index (χ4v) is 4.46. The van der Waals surface area contributed by atoms with Crippen molar-refractivity contribution in [1.29, 1.82) is 0 Å². The van der Waals surface area contributed by atoms with E-state index in [1.807, 2.05) is 49.4 Å². The second-order valence-corrected chi connectivity index (χ2v) is 7.50. The molecule has 2 aromatic rings. The minimum Gasteiger partial charge on any atom is -0.496 e. The van der Waals surface area contributed by atoms with Gasteiger partial charge in [0.1, 0.15) is 5.75 Å². The van der Waals surface area contributed by atoms with E-state index in [2.05, 4.69) is 21.2 Å². The zero-order valence-electron chi connectivity index (χ0n) is 15.6. The molecule has 6 heteroatoms. The average Bonchev–Trinajstić information content (AvgIpc) is 2.98. The molecule has 1 unspecified atom stereocenters. The molecule has 0 amide bonds. The highest BCUT2D eigenvalue weighted by Crippen LogP contribution is 2.47. The molecule has 0 fully saturated rings.